The maximum Gasteiger partial charge on any atom is 0.222 e. The second-order valence-corrected chi connectivity index (χ2v) is 4.00. The van der Waals surface area contributed by atoms with Gasteiger partial charge in [0, 0.05) is 7.11 Å². The van der Waals surface area contributed by atoms with Gasteiger partial charge in [-0.15, -0.1) is 0 Å². The highest BCUT2D eigenvalue weighted by Crippen LogP contribution is 2.29. The van der Waals surface area contributed by atoms with Crippen LogP contribution in [0, 0.1) is 0 Å². The fourth-order valence-electron chi connectivity index (χ4n) is 1.78. The van der Waals surface area contributed by atoms with Crippen molar-refractivity contribution in [1.82, 2.24) is 9.97 Å². The first-order chi connectivity index (χ1) is 8.61. The van der Waals surface area contributed by atoms with E-state index in [1.54, 1.807) is 7.11 Å². The lowest BCUT2D eigenvalue weighted by Crippen LogP contribution is -2.18. The van der Waals surface area contributed by atoms with Crippen LogP contribution in [0.25, 0.3) is 10.9 Å². The summed E-state index contributed by atoms with van der Waals surface area (Å²) in [6.07, 6.45) is -0.0856. The van der Waals surface area contributed by atoms with E-state index in [9.17, 15) is 0 Å². The Bertz CT molecular complexity index is 559. The summed E-state index contributed by atoms with van der Waals surface area (Å²) in [7, 11) is 1.63. The molecule has 0 radical (unpaired) electrons. The van der Waals surface area contributed by atoms with E-state index >= 15 is 0 Å². The van der Waals surface area contributed by atoms with Gasteiger partial charge in [-0.1, -0.05) is 6.07 Å². The molecule has 0 amide bonds. The molecule has 0 bridgehead atoms. The van der Waals surface area contributed by atoms with E-state index in [2.05, 4.69) is 9.97 Å². The average molecular weight is 248 g/mol. The van der Waals surface area contributed by atoms with Crippen LogP contribution in [-0.4, -0.2) is 29.8 Å². The van der Waals surface area contributed by atoms with Gasteiger partial charge >= 0.3 is 0 Å². The van der Waals surface area contributed by atoms with E-state index in [-0.39, 0.29) is 12.1 Å². The number of ether oxygens (including phenoxy) is 2. The van der Waals surface area contributed by atoms with Gasteiger partial charge in [-0.25, -0.2) is 4.98 Å². The third-order valence-electron chi connectivity index (χ3n) is 2.46. The van der Waals surface area contributed by atoms with Crippen LogP contribution < -0.4 is 16.2 Å². The van der Waals surface area contributed by atoms with Crippen LogP contribution in [0.4, 0.5) is 11.8 Å². The number of anilines is 2. The van der Waals surface area contributed by atoms with Crippen molar-refractivity contribution < 1.29 is 9.47 Å². The molecule has 6 nitrogen and oxygen atoms in total. The second kappa shape index (κ2) is 5.05. The van der Waals surface area contributed by atoms with Gasteiger partial charge in [0.05, 0.1) is 17.5 Å². The number of nitrogens with two attached hydrogens (primary N) is 2. The van der Waals surface area contributed by atoms with Crippen LogP contribution in [0.1, 0.15) is 6.92 Å². The molecule has 96 valence electrons. The van der Waals surface area contributed by atoms with Crippen molar-refractivity contribution in [2.45, 2.75) is 13.0 Å². The Morgan fingerprint density at radius 1 is 1.28 bits per heavy atom. The Balaban J connectivity index is 2.45. The second-order valence-electron chi connectivity index (χ2n) is 4.00. The first-order valence-electron chi connectivity index (χ1n) is 5.59. The van der Waals surface area contributed by atoms with Crippen molar-refractivity contribution >= 4 is 22.7 Å². The highest BCUT2D eigenvalue weighted by molar-refractivity contribution is 5.94. The third kappa shape index (κ3) is 2.43. The molecule has 18 heavy (non-hydrogen) atoms. The van der Waals surface area contributed by atoms with Crippen molar-refractivity contribution in [3.63, 3.8) is 0 Å². The molecule has 4 N–H and O–H groups in total. The monoisotopic (exact) mass is 248 g/mol. The normalized spacial score (nSPS) is 12.6. The zero-order valence-corrected chi connectivity index (χ0v) is 10.4. The number of hydrogen-bond donors (Lipinski definition) is 2. The third-order valence-corrected chi connectivity index (χ3v) is 2.46. The van der Waals surface area contributed by atoms with E-state index in [0.29, 0.717) is 29.1 Å². The van der Waals surface area contributed by atoms with Gasteiger partial charge in [-0.2, -0.15) is 4.98 Å². The first-order valence-corrected chi connectivity index (χ1v) is 5.59. The highest BCUT2D eigenvalue weighted by atomic mass is 16.5. The molecule has 2 aromatic rings. The smallest absolute Gasteiger partial charge is 0.222 e. The SMILES string of the molecule is COC[C@@H](C)Oc1cccc2nc(N)nc(N)c12. The number of aromatic nitrogens is 2. The summed E-state index contributed by atoms with van der Waals surface area (Å²) < 4.78 is 10.8. The van der Waals surface area contributed by atoms with Gasteiger partial charge in [0.25, 0.3) is 0 Å². The van der Waals surface area contributed by atoms with Crippen LogP contribution >= 0.6 is 0 Å². The van der Waals surface area contributed by atoms with Crippen molar-refractivity contribution in [3.8, 4) is 5.75 Å². The Morgan fingerprint density at radius 3 is 2.78 bits per heavy atom. The van der Waals surface area contributed by atoms with Crippen molar-refractivity contribution in [2.75, 3.05) is 25.2 Å². The fourth-order valence-corrected chi connectivity index (χ4v) is 1.78. The molecule has 0 aliphatic heterocycles. The number of rotatable bonds is 4. The molecule has 1 heterocycles. The molecule has 0 spiro atoms. The van der Waals surface area contributed by atoms with E-state index < -0.39 is 0 Å². The number of hydrogen-bond acceptors (Lipinski definition) is 6. The van der Waals surface area contributed by atoms with E-state index in [0.717, 1.165) is 0 Å². The molecule has 2 rings (SSSR count). The van der Waals surface area contributed by atoms with Gasteiger partial charge in [-0.05, 0) is 19.1 Å². The lowest BCUT2D eigenvalue weighted by Gasteiger charge is -2.15. The number of nitrogens with zero attached hydrogens (tertiary/aromatic N) is 2. The van der Waals surface area contributed by atoms with Crippen LogP contribution in [0.2, 0.25) is 0 Å². The summed E-state index contributed by atoms with van der Waals surface area (Å²) in [5.41, 5.74) is 12.1. The largest absolute Gasteiger partial charge is 0.487 e. The topological polar surface area (TPSA) is 96.3 Å². The predicted molar refractivity (Wildman–Crippen MR) is 70.3 cm³/mol. The molecule has 0 saturated carbocycles. The van der Waals surface area contributed by atoms with Crippen molar-refractivity contribution in [3.05, 3.63) is 18.2 Å². The molecule has 0 aliphatic carbocycles. The van der Waals surface area contributed by atoms with Crippen molar-refractivity contribution in [2.24, 2.45) is 0 Å². The van der Waals surface area contributed by atoms with Crippen LogP contribution in [0.3, 0.4) is 0 Å². The number of nitrogen functional groups attached to an aromatic ring is 2. The molecule has 0 fully saturated rings. The molecule has 0 unspecified atom stereocenters. The van der Waals surface area contributed by atoms with Crippen molar-refractivity contribution in [1.29, 1.82) is 0 Å². The van der Waals surface area contributed by atoms with Gasteiger partial charge in [-0.3, -0.25) is 0 Å². The average Bonchev–Trinajstić information content (AvgIpc) is 2.28. The Labute approximate surface area is 105 Å². The maximum atomic E-state index is 5.87. The molecule has 0 saturated heterocycles. The number of benzene rings is 1. The van der Waals surface area contributed by atoms with Crippen LogP contribution in [0.5, 0.6) is 5.75 Å². The lowest BCUT2D eigenvalue weighted by molar-refractivity contribution is 0.0931. The number of methoxy groups -OCH3 is 1. The van der Waals surface area contributed by atoms with E-state index in [4.69, 9.17) is 20.9 Å². The molecule has 1 aromatic carbocycles. The summed E-state index contributed by atoms with van der Waals surface area (Å²) >= 11 is 0. The van der Waals surface area contributed by atoms with E-state index in [1.165, 1.54) is 0 Å². The fraction of sp³-hybridized carbons (Fsp3) is 0.333. The predicted octanol–water partition coefficient (Wildman–Crippen LogP) is 1.21. The minimum atomic E-state index is -0.0856. The molecule has 1 aromatic heterocycles. The molecule has 1 atom stereocenters. The zero-order chi connectivity index (χ0) is 13.1. The Morgan fingerprint density at radius 2 is 2.06 bits per heavy atom. The quantitative estimate of drug-likeness (QED) is 0.844. The first kappa shape index (κ1) is 12.4. The zero-order valence-electron chi connectivity index (χ0n) is 10.4. The molecule has 0 aliphatic rings. The highest BCUT2D eigenvalue weighted by Gasteiger charge is 2.11. The van der Waals surface area contributed by atoms with Gasteiger partial charge in [0.2, 0.25) is 5.95 Å². The minimum absolute atomic E-state index is 0.0856. The Kier molecular flexibility index (Phi) is 3.47. The van der Waals surface area contributed by atoms with Crippen LogP contribution in [-0.2, 0) is 4.74 Å². The summed E-state index contributed by atoms with van der Waals surface area (Å²) in [5.74, 6) is 1.11. The lowest BCUT2D eigenvalue weighted by atomic mass is 10.2. The minimum Gasteiger partial charge on any atom is -0.487 e. The molecule has 6 heteroatoms. The number of fused-ring (bicyclic) bond motifs is 1. The van der Waals surface area contributed by atoms with Gasteiger partial charge in [0.1, 0.15) is 17.7 Å². The standard InChI is InChI=1S/C12H16N4O2/c1-7(6-17-2)18-9-5-3-4-8-10(9)11(13)16-12(14)15-8/h3-5,7H,6H2,1-2H3,(H4,13,14,15,16)/t7-/m1/s1. The molecular formula is C12H16N4O2. The Hall–Kier alpha value is -2.08. The summed E-state index contributed by atoms with van der Waals surface area (Å²) in [6.45, 7) is 2.41. The summed E-state index contributed by atoms with van der Waals surface area (Å²) in [5, 5.41) is 0.676. The summed E-state index contributed by atoms with van der Waals surface area (Å²) in [4.78, 5) is 8.07. The van der Waals surface area contributed by atoms with Crippen LogP contribution in [0.15, 0.2) is 18.2 Å². The van der Waals surface area contributed by atoms with Gasteiger partial charge < -0.3 is 20.9 Å². The maximum absolute atomic E-state index is 5.87. The summed E-state index contributed by atoms with van der Waals surface area (Å²) in [6, 6.07) is 5.48. The molecular weight excluding hydrogens is 232 g/mol. The van der Waals surface area contributed by atoms with Gasteiger partial charge in [0.15, 0.2) is 0 Å². The van der Waals surface area contributed by atoms with E-state index in [1.807, 2.05) is 25.1 Å².